The Labute approximate surface area is 403 Å². The predicted octanol–water partition coefficient (Wildman–Crippen LogP) is 7.23. The van der Waals surface area contributed by atoms with E-state index in [1.807, 2.05) is 25.7 Å². The van der Waals surface area contributed by atoms with Crippen LogP contribution in [0.3, 0.4) is 0 Å². The highest BCUT2D eigenvalue weighted by Gasteiger charge is 2.34. The first-order valence-electron chi connectivity index (χ1n) is 22.9. The number of carbonyl (C=O) groups excluding carboxylic acids is 3. The van der Waals surface area contributed by atoms with Crippen LogP contribution in [0.15, 0.2) is 30.3 Å². The molecule has 3 aromatic carbocycles. The molecule has 5 atom stereocenters. The standard InChI is InChI=1S/C48H60Cl2F6N6O6/c1-27(2)60-11-8-57(21-30(60)5)41(63)24-66-46-35(49)16-33(17-36(46)50)14-28(3)61-12-9-58(22-31(61)6)42(64)25-67-47-39(53)18-34(19-40(47)54)15-29(4)62-13-10-59(23-32(62)7)43(65)26-68-48-44(55)37(51)20-38(52)45(48)56/h16-20,27-32H,8-15,21-26H2,1-7H3. The Kier molecular flexibility index (Phi) is 17.8. The van der Waals surface area contributed by atoms with Crippen molar-refractivity contribution in [3.05, 3.63) is 86.4 Å². The third-order valence-corrected chi connectivity index (χ3v) is 13.7. The van der Waals surface area contributed by atoms with Gasteiger partial charge in [-0.1, -0.05) is 23.2 Å². The first kappa shape index (κ1) is 52.9. The smallest absolute Gasteiger partial charge is 0.260 e. The van der Waals surface area contributed by atoms with E-state index in [1.54, 1.807) is 21.9 Å². The van der Waals surface area contributed by atoms with Crippen LogP contribution >= 0.6 is 23.2 Å². The molecule has 3 saturated heterocycles. The zero-order valence-electron chi connectivity index (χ0n) is 39.4. The van der Waals surface area contributed by atoms with Gasteiger partial charge < -0.3 is 28.9 Å². The van der Waals surface area contributed by atoms with Crippen molar-refractivity contribution in [3.63, 3.8) is 0 Å². The van der Waals surface area contributed by atoms with E-state index in [9.17, 15) is 31.9 Å². The minimum atomic E-state index is -1.75. The van der Waals surface area contributed by atoms with E-state index in [0.717, 1.165) is 24.2 Å². The lowest BCUT2D eigenvalue weighted by Gasteiger charge is -2.43. The van der Waals surface area contributed by atoms with Gasteiger partial charge >= 0.3 is 0 Å². The number of hydrogen-bond acceptors (Lipinski definition) is 9. The van der Waals surface area contributed by atoms with E-state index < -0.39 is 71.4 Å². The third kappa shape index (κ3) is 12.6. The molecule has 3 fully saturated rings. The average Bonchev–Trinajstić information content (AvgIpc) is 3.27. The van der Waals surface area contributed by atoms with E-state index >= 15 is 8.78 Å². The van der Waals surface area contributed by atoms with Crippen molar-refractivity contribution in [3.8, 4) is 17.2 Å². The Hall–Kier alpha value is -4.49. The fourth-order valence-electron chi connectivity index (χ4n) is 9.68. The van der Waals surface area contributed by atoms with Crippen molar-refractivity contribution in [1.29, 1.82) is 0 Å². The van der Waals surface area contributed by atoms with Crippen LogP contribution in [0.2, 0.25) is 10.0 Å². The van der Waals surface area contributed by atoms with E-state index in [0.29, 0.717) is 67.3 Å². The molecule has 0 bridgehead atoms. The van der Waals surface area contributed by atoms with Crippen molar-refractivity contribution in [1.82, 2.24) is 29.4 Å². The zero-order valence-corrected chi connectivity index (χ0v) is 40.9. The Morgan fingerprint density at radius 3 is 1.25 bits per heavy atom. The second-order valence-corrected chi connectivity index (χ2v) is 19.2. The first-order chi connectivity index (χ1) is 32.1. The Morgan fingerprint density at radius 2 is 0.868 bits per heavy atom. The fourth-order valence-corrected chi connectivity index (χ4v) is 10.3. The lowest BCUT2D eigenvalue weighted by molar-refractivity contribution is -0.137. The lowest BCUT2D eigenvalue weighted by atomic mass is 10.0. The molecule has 0 spiro atoms. The van der Waals surface area contributed by atoms with Crippen LogP contribution in [0, 0.1) is 34.9 Å². The molecule has 374 valence electrons. The van der Waals surface area contributed by atoms with Gasteiger partial charge in [0.2, 0.25) is 11.6 Å². The molecule has 0 aromatic heterocycles. The number of hydrogen-bond donors (Lipinski definition) is 0. The van der Waals surface area contributed by atoms with Gasteiger partial charge in [-0.05, 0) is 96.7 Å². The Bertz CT molecular complexity index is 2240. The first-order valence-corrected chi connectivity index (χ1v) is 23.7. The molecule has 20 heteroatoms. The highest BCUT2D eigenvalue weighted by molar-refractivity contribution is 6.37. The molecule has 3 aliphatic heterocycles. The summed E-state index contributed by atoms with van der Waals surface area (Å²) < 4.78 is 102. The molecule has 3 aromatic rings. The molecular weight excluding hydrogens is 941 g/mol. The normalized spacial score (nSPS) is 20.7. The minimum Gasteiger partial charge on any atom is -0.481 e. The van der Waals surface area contributed by atoms with Crippen LogP contribution in [0.1, 0.15) is 59.6 Å². The Morgan fingerprint density at radius 1 is 0.515 bits per heavy atom. The van der Waals surface area contributed by atoms with Crippen LogP contribution in [0.25, 0.3) is 0 Å². The molecule has 5 unspecified atom stereocenters. The fraction of sp³-hybridized carbons (Fsp3) is 0.562. The molecule has 68 heavy (non-hydrogen) atoms. The van der Waals surface area contributed by atoms with Crippen molar-refractivity contribution in [2.24, 2.45) is 0 Å². The number of amides is 3. The second kappa shape index (κ2) is 23.0. The molecule has 0 saturated carbocycles. The SMILES string of the molecule is CC(C)N1CCN(C(=O)COc2c(Cl)cc(CC(C)N3CCN(C(=O)COc4c(F)cc(CC(C)N5CCN(C(=O)COc6c(F)c(F)cc(F)c6F)CC5C)cc4F)CC3C)cc2Cl)CC1C. The maximum absolute atomic E-state index is 15.3. The van der Waals surface area contributed by atoms with Crippen LogP contribution in [0.5, 0.6) is 17.2 Å². The summed E-state index contributed by atoms with van der Waals surface area (Å²) in [6.45, 7) is 16.6. The summed E-state index contributed by atoms with van der Waals surface area (Å²) in [5.41, 5.74) is 1.22. The molecule has 3 heterocycles. The summed E-state index contributed by atoms with van der Waals surface area (Å²) in [5, 5.41) is 0.611. The largest absolute Gasteiger partial charge is 0.481 e. The molecule has 3 aliphatic rings. The molecule has 3 amide bonds. The number of rotatable bonds is 16. The summed E-state index contributed by atoms with van der Waals surface area (Å²) in [6.07, 6.45) is 0.828. The summed E-state index contributed by atoms with van der Waals surface area (Å²) in [5.74, 6) is -11.6. The number of carbonyl (C=O) groups is 3. The predicted molar refractivity (Wildman–Crippen MR) is 245 cm³/mol. The Balaban J connectivity index is 0.933. The minimum absolute atomic E-state index is 0.0294. The van der Waals surface area contributed by atoms with Gasteiger partial charge in [-0.25, -0.2) is 17.6 Å². The summed E-state index contributed by atoms with van der Waals surface area (Å²) >= 11 is 13.3. The maximum atomic E-state index is 15.3. The van der Waals surface area contributed by atoms with Crippen LogP contribution in [-0.4, -0.2) is 162 Å². The molecule has 6 rings (SSSR count). The van der Waals surface area contributed by atoms with Gasteiger partial charge in [-0.3, -0.25) is 29.1 Å². The van der Waals surface area contributed by atoms with Crippen molar-refractivity contribution < 1.29 is 54.9 Å². The molecule has 0 N–H and O–H groups in total. The van der Waals surface area contributed by atoms with Gasteiger partial charge in [-0.15, -0.1) is 0 Å². The van der Waals surface area contributed by atoms with E-state index in [-0.39, 0.29) is 74.0 Å². The maximum Gasteiger partial charge on any atom is 0.260 e. The number of halogens is 8. The zero-order chi connectivity index (χ0) is 49.7. The van der Waals surface area contributed by atoms with Gasteiger partial charge in [0, 0.05) is 101 Å². The highest BCUT2D eigenvalue weighted by atomic mass is 35.5. The van der Waals surface area contributed by atoms with Crippen LogP contribution in [-0.2, 0) is 27.2 Å². The number of benzene rings is 3. The monoisotopic (exact) mass is 1000 g/mol. The molecule has 0 aliphatic carbocycles. The quantitative estimate of drug-likeness (QED) is 0.109. The molecule has 12 nitrogen and oxygen atoms in total. The second-order valence-electron chi connectivity index (χ2n) is 18.4. The average molecular weight is 1000 g/mol. The van der Waals surface area contributed by atoms with Crippen LogP contribution in [0.4, 0.5) is 26.3 Å². The lowest BCUT2D eigenvalue weighted by Crippen LogP contribution is -2.57. The van der Waals surface area contributed by atoms with Crippen molar-refractivity contribution in [2.75, 3.05) is 78.7 Å². The molecular formula is C48H60Cl2F6N6O6. The van der Waals surface area contributed by atoms with Crippen LogP contribution < -0.4 is 14.2 Å². The number of nitrogens with zero attached hydrogens (tertiary/aromatic N) is 6. The van der Waals surface area contributed by atoms with Gasteiger partial charge in [0.1, 0.15) is 0 Å². The van der Waals surface area contributed by atoms with Gasteiger partial charge in [-0.2, -0.15) is 8.78 Å². The highest BCUT2D eigenvalue weighted by Crippen LogP contribution is 2.35. The van der Waals surface area contributed by atoms with Gasteiger partial charge in [0.15, 0.2) is 60.3 Å². The number of piperazine rings is 3. The summed E-state index contributed by atoms with van der Waals surface area (Å²) in [6, 6.07) is 6.07. The number of ether oxygens (including phenoxy) is 3. The summed E-state index contributed by atoms with van der Waals surface area (Å²) in [7, 11) is 0. The topological polar surface area (TPSA) is 98.3 Å². The molecule has 0 radical (unpaired) electrons. The van der Waals surface area contributed by atoms with Gasteiger partial charge in [0.05, 0.1) is 10.0 Å². The van der Waals surface area contributed by atoms with E-state index in [2.05, 4.69) is 37.5 Å². The van der Waals surface area contributed by atoms with Gasteiger partial charge in [0.25, 0.3) is 17.7 Å². The van der Waals surface area contributed by atoms with E-state index in [1.165, 1.54) is 4.90 Å². The third-order valence-electron chi connectivity index (χ3n) is 13.2. The van der Waals surface area contributed by atoms with Crippen molar-refractivity contribution >= 4 is 40.9 Å². The van der Waals surface area contributed by atoms with E-state index in [4.69, 9.17) is 37.4 Å². The van der Waals surface area contributed by atoms with Crippen molar-refractivity contribution in [2.45, 2.75) is 97.6 Å². The summed E-state index contributed by atoms with van der Waals surface area (Å²) in [4.78, 5) is 50.5.